The SMILES string of the molecule is CCCCCCc1ccc(C(=O)N(CC(=O)N(CCc2c[nH]c3ccccc23)Cc2ccc(OC)c(OC)c2)C2CC2)cc1. The Hall–Kier alpha value is -4.26. The van der Waals surface area contributed by atoms with Crippen LogP contribution in [0.2, 0.25) is 0 Å². The molecule has 4 aromatic rings. The highest BCUT2D eigenvalue weighted by atomic mass is 16.5. The molecule has 0 unspecified atom stereocenters. The van der Waals surface area contributed by atoms with Crippen molar-refractivity contribution in [2.75, 3.05) is 27.3 Å². The van der Waals surface area contributed by atoms with Gasteiger partial charge >= 0.3 is 0 Å². The molecule has 1 heterocycles. The van der Waals surface area contributed by atoms with Crippen LogP contribution in [-0.2, 0) is 24.2 Å². The molecule has 5 rings (SSSR count). The third-order valence-corrected chi connectivity index (χ3v) is 8.57. The average molecular weight is 596 g/mol. The summed E-state index contributed by atoms with van der Waals surface area (Å²) in [5.41, 5.74) is 5.08. The van der Waals surface area contributed by atoms with Crippen molar-refractivity contribution in [3.63, 3.8) is 0 Å². The van der Waals surface area contributed by atoms with Crippen LogP contribution in [0.3, 0.4) is 0 Å². The molecule has 1 fully saturated rings. The van der Waals surface area contributed by atoms with E-state index < -0.39 is 0 Å². The van der Waals surface area contributed by atoms with Crippen molar-refractivity contribution in [2.24, 2.45) is 0 Å². The fourth-order valence-corrected chi connectivity index (χ4v) is 5.82. The lowest BCUT2D eigenvalue weighted by atomic mass is 10.0. The molecule has 1 aliphatic carbocycles. The number of ether oxygens (including phenoxy) is 2. The van der Waals surface area contributed by atoms with Crippen molar-refractivity contribution < 1.29 is 19.1 Å². The molecule has 1 aliphatic rings. The first-order valence-corrected chi connectivity index (χ1v) is 15.9. The van der Waals surface area contributed by atoms with Crippen LogP contribution in [0.25, 0.3) is 10.9 Å². The van der Waals surface area contributed by atoms with Crippen LogP contribution in [0.1, 0.15) is 72.5 Å². The number of rotatable bonds is 16. The van der Waals surface area contributed by atoms with Crippen molar-refractivity contribution in [1.29, 1.82) is 0 Å². The molecule has 3 aromatic carbocycles. The number of nitrogens with one attached hydrogen (secondary N) is 1. The third-order valence-electron chi connectivity index (χ3n) is 8.57. The second-order valence-electron chi connectivity index (χ2n) is 11.8. The maximum Gasteiger partial charge on any atom is 0.254 e. The number of hydrogen-bond acceptors (Lipinski definition) is 4. The van der Waals surface area contributed by atoms with Crippen molar-refractivity contribution in [3.05, 3.63) is 95.2 Å². The number of H-pyrrole nitrogens is 1. The molecule has 0 bridgehead atoms. The standard InChI is InChI=1S/C37H45N3O4/c1-4-5-6-7-10-27-13-16-29(17-14-27)37(42)40(31-18-19-31)26-36(41)39(25-28-15-20-34(43-2)35(23-28)44-3)22-21-30-24-38-33-12-9-8-11-32(30)33/h8-9,11-17,20,23-24,31,38H,4-7,10,18-19,21-22,25-26H2,1-3H3. The number of para-hydroxylation sites is 1. The summed E-state index contributed by atoms with van der Waals surface area (Å²) in [5.74, 6) is 1.14. The van der Waals surface area contributed by atoms with Gasteiger partial charge in [0, 0.05) is 41.8 Å². The number of aryl methyl sites for hydroxylation is 1. The van der Waals surface area contributed by atoms with E-state index >= 15 is 0 Å². The molecule has 0 atom stereocenters. The van der Waals surface area contributed by atoms with Gasteiger partial charge in [-0.2, -0.15) is 0 Å². The quantitative estimate of drug-likeness (QED) is 0.139. The summed E-state index contributed by atoms with van der Waals surface area (Å²) in [5, 5.41) is 1.16. The summed E-state index contributed by atoms with van der Waals surface area (Å²) in [6.07, 6.45) is 10.5. The van der Waals surface area contributed by atoms with Crippen LogP contribution in [0.5, 0.6) is 11.5 Å². The molecule has 0 saturated heterocycles. The summed E-state index contributed by atoms with van der Waals surface area (Å²) in [6.45, 7) is 3.20. The van der Waals surface area contributed by atoms with Crippen LogP contribution in [0, 0.1) is 0 Å². The van der Waals surface area contributed by atoms with E-state index in [2.05, 4.69) is 36.2 Å². The monoisotopic (exact) mass is 595 g/mol. The smallest absolute Gasteiger partial charge is 0.254 e. The number of benzene rings is 3. The summed E-state index contributed by atoms with van der Waals surface area (Å²) in [6, 6.07) is 22.0. The number of carbonyl (C=O) groups is 2. The van der Waals surface area contributed by atoms with Gasteiger partial charge < -0.3 is 24.3 Å². The average Bonchev–Trinajstić information content (AvgIpc) is 3.82. The van der Waals surface area contributed by atoms with Crippen LogP contribution < -0.4 is 9.47 Å². The second-order valence-corrected chi connectivity index (χ2v) is 11.8. The first-order chi connectivity index (χ1) is 21.5. The Kier molecular flexibility index (Phi) is 10.6. The van der Waals surface area contributed by atoms with E-state index in [1.54, 1.807) is 19.1 Å². The van der Waals surface area contributed by atoms with Crippen LogP contribution in [0.15, 0.2) is 72.9 Å². The number of methoxy groups -OCH3 is 2. The van der Waals surface area contributed by atoms with Gasteiger partial charge in [-0.15, -0.1) is 0 Å². The van der Waals surface area contributed by atoms with Crippen LogP contribution in [0.4, 0.5) is 0 Å². The number of aromatic nitrogens is 1. The minimum atomic E-state index is -0.0684. The lowest BCUT2D eigenvalue weighted by Crippen LogP contribution is -2.44. The van der Waals surface area contributed by atoms with E-state index in [-0.39, 0.29) is 24.4 Å². The molecule has 7 nitrogen and oxygen atoms in total. The zero-order valence-corrected chi connectivity index (χ0v) is 26.3. The summed E-state index contributed by atoms with van der Waals surface area (Å²) >= 11 is 0. The molecular formula is C37H45N3O4. The Labute approximate surface area is 261 Å². The Bertz CT molecular complexity index is 1540. The highest BCUT2D eigenvalue weighted by Gasteiger charge is 2.35. The van der Waals surface area contributed by atoms with Gasteiger partial charge in [0.25, 0.3) is 5.91 Å². The number of carbonyl (C=O) groups excluding carboxylic acids is 2. The number of fused-ring (bicyclic) bond motifs is 1. The second kappa shape index (κ2) is 15.0. The molecule has 0 aliphatic heterocycles. The maximum absolute atomic E-state index is 14.0. The lowest BCUT2D eigenvalue weighted by Gasteiger charge is -2.28. The zero-order chi connectivity index (χ0) is 30.9. The number of amides is 2. The van der Waals surface area contributed by atoms with E-state index in [1.165, 1.54) is 24.8 Å². The van der Waals surface area contributed by atoms with Gasteiger partial charge in [0.05, 0.1) is 14.2 Å². The molecule has 0 radical (unpaired) electrons. The molecule has 44 heavy (non-hydrogen) atoms. The number of unbranched alkanes of at least 4 members (excludes halogenated alkanes) is 3. The minimum absolute atomic E-state index is 0.0590. The Balaban J connectivity index is 1.32. The minimum Gasteiger partial charge on any atom is -0.493 e. The largest absolute Gasteiger partial charge is 0.493 e. The van der Waals surface area contributed by atoms with E-state index in [9.17, 15) is 9.59 Å². The molecule has 7 heteroatoms. The Morgan fingerprint density at radius 3 is 2.34 bits per heavy atom. The molecule has 1 N–H and O–H groups in total. The zero-order valence-electron chi connectivity index (χ0n) is 26.3. The van der Waals surface area contributed by atoms with Crippen molar-refractivity contribution in [3.8, 4) is 11.5 Å². The topological polar surface area (TPSA) is 74.9 Å². The normalized spacial score (nSPS) is 12.7. The first kappa shape index (κ1) is 31.2. The molecule has 1 saturated carbocycles. The van der Waals surface area contributed by atoms with Crippen LogP contribution >= 0.6 is 0 Å². The van der Waals surface area contributed by atoms with Gasteiger partial charge in [-0.25, -0.2) is 0 Å². The molecule has 2 amide bonds. The number of aromatic amines is 1. The highest BCUT2D eigenvalue weighted by molar-refractivity contribution is 5.97. The summed E-state index contributed by atoms with van der Waals surface area (Å²) in [7, 11) is 3.22. The van der Waals surface area contributed by atoms with Crippen molar-refractivity contribution >= 4 is 22.7 Å². The third kappa shape index (κ3) is 7.81. The Morgan fingerprint density at radius 1 is 0.864 bits per heavy atom. The lowest BCUT2D eigenvalue weighted by molar-refractivity contribution is -0.132. The van der Waals surface area contributed by atoms with Gasteiger partial charge in [-0.05, 0) is 79.1 Å². The van der Waals surface area contributed by atoms with Gasteiger partial charge in [0.15, 0.2) is 11.5 Å². The van der Waals surface area contributed by atoms with E-state index in [0.717, 1.165) is 47.7 Å². The van der Waals surface area contributed by atoms with E-state index in [1.807, 2.05) is 53.6 Å². The summed E-state index contributed by atoms with van der Waals surface area (Å²) in [4.78, 5) is 34.7. The summed E-state index contributed by atoms with van der Waals surface area (Å²) < 4.78 is 10.9. The molecule has 0 spiro atoms. The van der Waals surface area contributed by atoms with Crippen molar-refractivity contribution in [1.82, 2.24) is 14.8 Å². The molecule has 232 valence electrons. The van der Waals surface area contributed by atoms with Crippen molar-refractivity contribution in [2.45, 2.75) is 70.9 Å². The number of nitrogens with zero attached hydrogens (tertiary/aromatic N) is 2. The van der Waals surface area contributed by atoms with Gasteiger partial charge in [-0.1, -0.05) is 62.6 Å². The molecular weight excluding hydrogens is 550 g/mol. The predicted octanol–water partition coefficient (Wildman–Crippen LogP) is 7.18. The predicted molar refractivity (Wildman–Crippen MR) is 175 cm³/mol. The highest BCUT2D eigenvalue weighted by Crippen LogP contribution is 2.30. The van der Waals surface area contributed by atoms with E-state index in [4.69, 9.17) is 9.47 Å². The van der Waals surface area contributed by atoms with Gasteiger partial charge in [0.2, 0.25) is 5.91 Å². The Morgan fingerprint density at radius 2 is 1.61 bits per heavy atom. The molecule has 1 aromatic heterocycles. The maximum atomic E-state index is 14.0. The first-order valence-electron chi connectivity index (χ1n) is 15.9. The fraction of sp³-hybridized carbons (Fsp3) is 0.405. The van der Waals surface area contributed by atoms with Gasteiger partial charge in [0.1, 0.15) is 6.54 Å². The van der Waals surface area contributed by atoms with Gasteiger partial charge in [-0.3, -0.25) is 9.59 Å². The van der Waals surface area contributed by atoms with E-state index in [0.29, 0.717) is 36.6 Å². The number of hydrogen-bond donors (Lipinski definition) is 1. The fourth-order valence-electron chi connectivity index (χ4n) is 5.82. The van der Waals surface area contributed by atoms with Crippen LogP contribution in [-0.4, -0.2) is 59.9 Å².